The monoisotopic (exact) mass is 374 g/mol. The Balaban J connectivity index is 1.81. The lowest BCUT2D eigenvalue weighted by Crippen LogP contribution is -2.48. The zero-order valence-electron chi connectivity index (χ0n) is 15.9. The van der Waals surface area contributed by atoms with Crippen LogP contribution in [0, 0.1) is 5.92 Å². The SMILES string of the molecule is CC(=O)Nc1cccc(NCC(NC(=O)CCC2CCCCC2)C(N)=O)c1. The number of carbonyl (C=O) groups excluding carboxylic acids is 3. The van der Waals surface area contributed by atoms with Gasteiger partial charge >= 0.3 is 0 Å². The Hall–Kier alpha value is -2.57. The third-order valence-electron chi connectivity index (χ3n) is 4.88. The average molecular weight is 374 g/mol. The van der Waals surface area contributed by atoms with E-state index in [1.807, 2.05) is 6.07 Å². The van der Waals surface area contributed by atoms with Gasteiger partial charge in [0, 0.05) is 31.3 Å². The Morgan fingerprint density at radius 2 is 1.85 bits per heavy atom. The third kappa shape index (κ3) is 7.68. The van der Waals surface area contributed by atoms with Crippen LogP contribution in [-0.2, 0) is 14.4 Å². The highest BCUT2D eigenvalue weighted by Gasteiger charge is 2.20. The molecule has 1 unspecified atom stereocenters. The van der Waals surface area contributed by atoms with Crippen molar-refractivity contribution in [2.75, 3.05) is 17.2 Å². The van der Waals surface area contributed by atoms with Crippen molar-refractivity contribution in [2.45, 2.75) is 57.9 Å². The van der Waals surface area contributed by atoms with Crippen molar-refractivity contribution in [1.29, 1.82) is 0 Å². The number of anilines is 2. The van der Waals surface area contributed by atoms with E-state index < -0.39 is 11.9 Å². The number of primary amides is 1. The number of amides is 3. The summed E-state index contributed by atoms with van der Waals surface area (Å²) in [5.41, 5.74) is 6.81. The maximum absolute atomic E-state index is 12.2. The molecule has 2 rings (SSSR count). The Bertz CT molecular complexity index is 656. The first-order valence-corrected chi connectivity index (χ1v) is 9.64. The topological polar surface area (TPSA) is 113 Å². The highest BCUT2D eigenvalue weighted by atomic mass is 16.2. The summed E-state index contributed by atoms with van der Waals surface area (Å²) in [5, 5.41) is 8.51. The number of hydrogen-bond acceptors (Lipinski definition) is 4. The highest BCUT2D eigenvalue weighted by Crippen LogP contribution is 2.27. The smallest absolute Gasteiger partial charge is 0.241 e. The lowest BCUT2D eigenvalue weighted by Gasteiger charge is -2.22. The molecular weight excluding hydrogens is 344 g/mol. The molecule has 0 bridgehead atoms. The quantitative estimate of drug-likeness (QED) is 0.531. The van der Waals surface area contributed by atoms with E-state index in [9.17, 15) is 14.4 Å². The fourth-order valence-corrected chi connectivity index (χ4v) is 3.43. The molecule has 1 atom stereocenters. The van der Waals surface area contributed by atoms with E-state index in [1.165, 1.54) is 39.0 Å². The zero-order chi connectivity index (χ0) is 19.6. The van der Waals surface area contributed by atoms with Crippen molar-refractivity contribution in [3.05, 3.63) is 24.3 Å². The van der Waals surface area contributed by atoms with Crippen molar-refractivity contribution in [3.8, 4) is 0 Å². The summed E-state index contributed by atoms with van der Waals surface area (Å²) in [6, 6.07) is 6.34. The molecule has 5 N–H and O–H groups in total. The van der Waals surface area contributed by atoms with Crippen LogP contribution in [0.25, 0.3) is 0 Å². The molecule has 7 heteroatoms. The van der Waals surface area contributed by atoms with Crippen molar-refractivity contribution < 1.29 is 14.4 Å². The van der Waals surface area contributed by atoms with Gasteiger partial charge in [-0.15, -0.1) is 0 Å². The second-order valence-corrected chi connectivity index (χ2v) is 7.21. The molecule has 3 amide bonds. The third-order valence-corrected chi connectivity index (χ3v) is 4.88. The summed E-state index contributed by atoms with van der Waals surface area (Å²) in [5.74, 6) is -0.261. The van der Waals surface area contributed by atoms with Gasteiger partial charge in [-0.25, -0.2) is 0 Å². The molecule has 0 aliphatic heterocycles. The highest BCUT2D eigenvalue weighted by molar-refractivity contribution is 5.89. The lowest BCUT2D eigenvalue weighted by atomic mass is 9.86. The molecule has 1 aromatic rings. The molecule has 0 heterocycles. The number of hydrogen-bond donors (Lipinski definition) is 4. The molecule has 1 aromatic carbocycles. The minimum absolute atomic E-state index is 0.141. The largest absolute Gasteiger partial charge is 0.382 e. The van der Waals surface area contributed by atoms with Crippen LogP contribution in [0.5, 0.6) is 0 Å². The van der Waals surface area contributed by atoms with Crippen LogP contribution in [0.4, 0.5) is 11.4 Å². The molecule has 7 nitrogen and oxygen atoms in total. The van der Waals surface area contributed by atoms with Gasteiger partial charge in [-0.1, -0.05) is 38.2 Å². The Morgan fingerprint density at radius 1 is 1.15 bits per heavy atom. The maximum Gasteiger partial charge on any atom is 0.241 e. The number of nitrogens with two attached hydrogens (primary N) is 1. The van der Waals surface area contributed by atoms with Crippen LogP contribution in [0.15, 0.2) is 24.3 Å². The van der Waals surface area contributed by atoms with Gasteiger partial charge < -0.3 is 21.7 Å². The van der Waals surface area contributed by atoms with Gasteiger partial charge in [0.25, 0.3) is 0 Å². The molecule has 1 saturated carbocycles. The van der Waals surface area contributed by atoms with Crippen LogP contribution >= 0.6 is 0 Å². The van der Waals surface area contributed by atoms with Gasteiger partial charge in [0.15, 0.2) is 0 Å². The standard InChI is InChI=1S/C20H30N4O3/c1-14(25)23-17-9-5-8-16(12-17)22-13-18(20(21)27)24-19(26)11-10-15-6-3-2-4-7-15/h5,8-9,12,15,18,22H,2-4,6-7,10-11,13H2,1H3,(H2,21,27)(H,23,25)(H,24,26). The van der Waals surface area contributed by atoms with Gasteiger partial charge in [0.1, 0.15) is 6.04 Å². The Morgan fingerprint density at radius 3 is 2.52 bits per heavy atom. The van der Waals surface area contributed by atoms with E-state index in [4.69, 9.17) is 5.73 Å². The first-order chi connectivity index (χ1) is 12.9. The van der Waals surface area contributed by atoms with Gasteiger partial charge in [-0.3, -0.25) is 14.4 Å². The van der Waals surface area contributed by atoms with Crippen LogP contribution < -0.4 is 21.7 Å². The van der Waals surface area contributed by atoms with Crippen LogP contribution in [-0.4, -0.2) is 30.3 Å². The summed E-state index contributed by atoms with van der Waals surface area (Å²) >= 11 is 0. The van der Waals surface area contributed by atoms with Crippen molar-refractivity contribution in [3.63, 3.8) is 0 Å². The van der Waals surface area contributed by atoms with Gasteiger partial charge in [-0.2, -0.15) is 0 Å². The van der Waals surface area contributed by atoms with Gasteiger partial charge in [0.2, 0.25) is 17.7 Å². The minimum atomic E-state index is -0.784. The van der Waals surface area contributed by atoms with Gasteiger partial charge in [0.05, 0.1) is 0 Å². The molecule has 1 fully saturated rings. The molecule has 27 heavy (non-hydrogen) atoms. The molecular formula is C20H30N4O3. The number of carbonyl (C=O) groups is 3. The summed E-state index contributed by atoms with van der Waals surface area (Å²) in [6.45, 7) is 1.63. The van der Waals surface area contributed by atoms with E-state index >= 15 is 0 Å². The first-order valence-electron chi connectivity index (χ1n) is 9.64. The average Bonchev–Trinajstić information content (AvgIpc) is 2.64. The molecule has 0 saturated heterocycles. The van der Waals surface area contributed by atoms with E-state index in [0.717, 1.165) is 12.1 Å². The first kappa shape index (κ1) is 20.7. The summed E-state index contributed by atoms with van der Waals surface area (Å²) in [7, 11) is 0. The Kier molecular flexibility index (Phi) is 8.10. The van der Waals surface area contributed by atoms with E-state index in [0.29, 0.717) is 18.0 Å². The summed E-state index contributed by atoms with van der Waals surface area (Å²) in [6.07, 6.45) is 7.46. The number of nitrogens with one attached hydrogen (secondary N) is 3. The van der Waals surface area contributed by atoms with E-state index in [-0.39, 0.29) is 18.4 Å². The van der Waals surface area contributed by atoms with Crippen molar-refractivity contribution >= 4 is 29.1 Å². The summed E-state index contributed by atoms with van der Waals surface area (Å²) in [4.78, 5) is 35.0. The predicted octanol–water partition coefficient (Wildman–Crippen LogP) is 2.39. The Labute approximate surface area is 160 Å². The molecule has 0 radical (unpaired) electrons. The lowest BCUT2D eigenvalue weighted by molar-refractivity contribution is -0.127. The number of benzene rings is 1. The molecule has 0 aromatic heterocycles. The van der Waals surface area contributed by atoms with Crippen LogP contribution in [0.1, 0.15) is 51.9 Å². The van der Waals surface area contributed by atoms with Crippen LogP contribution in [0.3, 0.4) is 0 Å². The van der Waals surface area contributed by atoms with Crippen molar-refractivity contribution in [2.24, 2.45) is 11.7 Å². The van der Waals surface area contributed by atoms with Crippen molar-refractivity contribution in [1.82, 2.24) is 5.32 Å². The minimum Gasteiger partial charge on any atom is -0.382 e. The second-order valence-electron chi connectivity index (χ2n) is 7.21. The van der Waals surface area contributed by atoms with Crippen LogP contribution in [0.2, 0.25) is 0 Å². The molecule has 1 aliphatic carbocycles. The zero-order valence-corrected chi connectivity index (χ0v) is 15.9. The predicted molar refractivity (Wildman–Crippen MR) is 106 cm³/mol. The fraction of sp³-hybridized carbons (Fsp3) is 0.550. The normalized spacial score (nSPS) is 15.6. The second kappa shape index (κ2) is 10.5. The van der Waals surface area contributed by atoms with Gasteiger partial charge in [-0.05, 0) is 30.5 Å². The summed E-state index contributed by atoms with van der Waals surface area (Å²) < 4.78 is 0. The number of rotatable bonds is 9. The fourth-order valence-electron chi connectivity index (χ4n) is 3.43. The maximum atomic E-state index is 12.2. The van der Waals surface area contributed by atoms with E-state index in [1.54, 1.807) is 18.2 Å². The van der Waals surface area contributed by atoms with E-state index in [2.05, 4.69) is 16.0 Å². The molecule has 0 spiro atoms. The molecule has 1 aliphatic rings. The molecule has 148 valence electrons.